The van der Waals surface area contributed by atoms with Gasteiger partial charge in [0.2, 0.25) is 0 Å². The molecule has 0 saturated carbocycles. The summed E-state index contributed by atoms with van der Waals surface area (Å²) in [5.74, 6) is 5.67. The third kappa shape index (κ3) is 3.54. The molecule has 15 heavy (non-hydrogen) atoms. The number of hydrogen-bond donors (Lipinski definition) is 3. The lowest BCUT2D eigenvalue weighted by Gasteiger charge is -2.14. The van der Waals surface area contributed by atoms with Crippen molar-refractivity contribution in [2.75, 3.05) is 12.3 Å². The Morgan fingerprint density at radius 1 is 1.40 bits per heavy atom. The molecular formula is C10H15N3OS. The van der Waals surface area contributed by atoms with Gasteiger partial charge in [-0.1, -0.05) is 30.3 Å². The number of rotatable bonds is 5. The molecule has 1 rings (SSSR count). The van der Waals surface area contributed by atoms with Gasteiger partial charge in [-0.25, -0.2) is 5.84 Å². The van der Waals surface area contributed by atoms with Crippen LogP contribution in [0.4, 0.5) is 0 Å². The smallest absolute Gasteiger partial charge is 0.251 e. The van der Waals surface area contributed by atoms with E-state index in [0.717, 1.165) is 11.3 Å². The molecule has 4 nitrogen and oxygen atoms in total. The maximum atomic E-state index is 11.5. The second-order valence-electron chi connectivity index (χ2n) is 2.96. The molecule has 0 radical (unpaired) electrons. The molecule has 0 bridgehead atoms. The average Bonchev–Trinajstić information content (AvgIpc) is 2.30. The summed E-state index contributed by atoms with van der Waals surface area (Å²) < 4.78 is 0. The first-order valence-electron chi connectivity index (χ1n) is 4.66. The van der Waals surface area contributed by atoms with E-state index < -0.39 is 0 Å². The highest BCUT2D eigenvalue weighted by Gasteiger charge is 2.19. The predicted molar refractivity (Wildman–Crippen MR) is 63.0 cm³/mol. The maximum absolute atomic E-state index is 11.5. The fourth-order valence-corrected chi connectivity index (χ4v) is 2.15. The Morgan fingerprint density at radius 2 is 2.07 bits per heavy atom. The number of hydrogen-bond acceptors (Lipinski definition) is 4. The number of hydrazine groups is 1. The summed E-state index contributed by atoms with van der Waals surface area (Å²) >= 11 is 1.49. The Morgan fingerprint density at radius 3 is 2.60 bits per heavy atom. The van der Waals surface area contributed by atoms with Crippen molar-refractivity contribution in [1.82, 2.24) is 5.43 Å². The molecule has 0 aliphatic heterocycles. The molecule has 5 N–H and O–H groups in total. The van der Waals surface area contributed by atoms with E-state index >= 15 is 0 Å². The zero-order chi connectivity index (χ0) is 11.1. The summed E-state index contributed by atoms with van der Waals surface area (Å²) in [5, 5.41) is -0.278. The highest BCUT2D eigenvalue weighted by atomic mass is 32.2. The lowest BCUT2D eigenvalue weighted by Crippen LogP contribution is -2.34. The van der Waals surface area contributed by atoms with E-state index in [9.17, 15) is 4.79 Å². The Labute approximate surface area is 93.4 Å². The fourth-order valence-electron chi connectivity index (χ4n) is 1.21. The molecule has 0 saturated heterocycles. The molecule has 0 heterocycles. The number of benzene rings is 1. The topological polar surface area (TPSA) is 81.1 Å². The summed E-state index contributed by atoms with van der Waals surface area (Å²) in [7, 11) is 0. The minimum atomic E-state index is -0.278. The molecule has 5 heteroatoms. The van der Waals surface area contributed by atoms with Crippen LogP contribution in [-0.4, -0.2) is 18.2 Å². The van der Waals surface area contributed by atoms with Crippen LogP contribution < -0.4 is 17.0 Å². The third-order valence-corrected chi connectivity index (χ3v) is 3.18. The van der Waals surface area contributed by atoms with E-state index in [1.807, 2.05) is 30.3 Å². The molecule has 82 valence electrons. The van der Waals surface area contributed by atoms with Crippen molar-refractivity contribution in [2.45, 2.75) is 5.25 Å². The summed E-state index contributed by atoms with van der Waals surface area (Å²) in [6.07, 6.45) is 0. The van der Waals surface area contributed by atoms with Crippen LogP contribution in [0.2, 0.25) is 0 Å². The predicted octanol–water partition coefficient (Wildman–Crippen LogP) is 0.410. The Kier molecular flexibility index (Phi) is 5.17. The van der Waals surface area contributed by atoms with Gasteiger partial charge >= 0.3 is 0 Å². The van der Waals surface area contributed by atoms with Gasteiger partial charge in [0, 0.05) is 12.3 Å². The second-order valence-corrected chi connectivity index (χ2v) is 4.17. The van der Waals surface area contributed by atoms with Gasteiger partial charge in [0.1, 0.15) is 5.25 Å². The standard InChI is InChI=1S/C10H15N3OS/c11-6-7-15-9(10(14)13-12)8-4-2-1-3-5-8/h1-5,9H,6-7,11-12H2,(H,13,14). The molecule has 1 unspecified atom stereocenters. The van der Waals surface area contributed by atoms with E-state index in [1.54, 1.807) is 0 Å². The van der Waals surface area contributed by atoms with Crippen LogP contribution in [0.25, 0.3) is 0 Å². The number of nitrogens with two attached hydrogens (primary N) is 2. The van der Waals surface area contributed by atoms with Gasteiger partial charge in [-0.15, -0.1) is 11.8 Å². The second kappa shape index (κ2) is 6.44. The highest BCUT2D eigenvalue weighted by molar-refractivity contribution is 8.00. The fraction of sp³-hybridized carbons (Fsp3) is 0.300. The van der Waals surface area contributed by atoms with Gasteiger partial charge in [0.05, 0.1) is 0 Å². The normalized spacial score (nSPS) is 12.1. The maximum Gasteiger partial charge on any atom is 0.251 e. The summed E-state index contributed by atoms with van der Waals surface area (Å²) in [6.45, 7) is 0.547. The lowest BCUT2D eigenvalue weighted by atomic mass is 10.1. The van der Waals surface area contributed by atoms with Gasteiger partial charge in [-0.3, -0.25) is 10.2 Å². The van der Waals surface area contributed by atoms with Crippen LogP contribution >= 0.6 is 11.8 Å². The van der Waals surface area contributed by atoms with Crippen LogP contribution in [0.3, 0.4) is 0 Å². The number of amides is 1. The summed E-state index contributed by atoms with van der Waals surface area (Å²) in [5.41, 5.74) is 8.53. The van der Waals surface area contributed by atoms with Gasteiger partial charge < -0.3 is 5.73 Å². The van der Waals surface area contributed by atoms with Crippen molar-refractivity contribution in [3.05, 3.63) is 35.9 Å². The van der Waals surface area contributed by atoms with E-state index in [1.165, 1.54) is 11.8 Å². The van der Waals surface area contributed by atoms with Crippen molar-refractivity contribution in [3.63, 3.8) is 0 Å². The van der Waals surface area contributed by atoms with E-state index in [-0.39, 0.29) is 11.2 Å². The first-order valence-corrected chi connectivity index (χ1v) is 5.71. The number of thioether (sulfide) groups is 1. The third-order valence-electron chi connectivity index (χ3n) is 1.89. The zero-order valence-electron chi connectivity index (χ0n) is 8.35. The molecule has 0 aliphatic rings. The summed E-state index contributed by atoms with van der Waals surface area (Å²) in [6, 6.07) is 9.52. The largest absolute Gasteiger partial charge is 0.330 e. The number of carbonyl (C=O) groups is 1. The molecule has 0 aliphatic carbocycles. The molecule has 1 atom stereocenters. The molecule has 1 aromatic rings. The Bertz CT molecular complexity index is 305. The van der Waals surface area contributed by atoms with Crippen LogP contribution in [0.15, 0.2) is 30.3 Å². The summed E-state index contributed by atoms with van der Waals surface area (Å²) in [4.78, 5) is 11.5. The molecule has 1 amide bonds. The monoisotopic (exact) mass is 225 g/mol. The van der Waals surface area contributed by atoms with Crippen LogP contribution in [0, 0.1) is 0 Å². The van der Waals surface area contributed by atoms with Gasteiger partial charge in [0.15, 0.2) is 0 Å². The Hall–Kier alpha value is -1.04. The van der Waals surface area contributed by atoms with Crippen LogP contribution in [0.1, 0.15) is 10.8 Å². The van der Waals surface area contributed by atoms with Crippen molar-refractivity contribution in [1.29, 1.82) is 0 Å². The first kappa shape index (κ1) is 12.0. The SMILES string of the molecule is NCCSC(C(=O)NN)c1ccccc1. The van der Waals surface area contributed by atoms with Crippen molar-refractivity contribution in [3.8, 4) is 0 Å². The van der Waals surface area contributed by atoms with E-state index in [2.05, 4.69) is 5.43 Å². The van der Waals surface area contributed by atoms with Crippen LogP contribution in [0.5, 0.6) is 0 Å². The van der Waals surface area contributed by atoms with Crippen molar-refractivity contribution < 1.29 is 4.79 Å². The van der Waals surface area contributed by atoms with Gasteiger partial charge in [-0.2, -0.15) is 0 Å². The Balaban J connectivity index is 2.76. The number of nitrogens with one attached hydrogen (secondary N) is 1. The lowest BCUT2D eigenvalue weighted by molar-refractivity contribution is -0.120. The van der Waals surface area contributed by atoms with Gasteiger partial charge in [-0.05, 0) is 5.56 Å². The molecular weight excluding hydrogens is 210 g/mol. The van der Waals surface area contributed by atoms with Crippen molar-refractivity contribution in [2.24, 2.45) is 11.6 Å². The van der Waals surface area contributed by atoms with E-state index in [0.29, 0.717) is 6.54 Å². The quantitative estimate of drug-likeness (QED) is 0.385. The molecule has 0 spiro atoms. The number of carbonyl (C=O) groups excluding carboxylic acids is 1. The van der Waals surface area contributed by atoms with Gasteiger partial charge in [0.25, 0.3) is 5.91 Å². The van der Waals surface area contributed by atoms with E-state index in [4.69, 9.17) is 11.6 Å². The first-order chi connectivity index (χ1) is 7.29. The zero-order valence-corrected chi connectivity index (χ0v) is 9.17. The molecule has 0 aromatic heterocycles. The van der Waals surface area contributed by atoms with Crippen LogP contribution in [-0.2, 0) is 4.79 Å². The van der Waals surface area contributed by atoms with Crippen molar-refractivity contribution >= 4 is 17.7 Å². The average molecular weight is 225 g/mol. The molecule has 0 fully saturated rings. The minimum absolute atomic E-state index is 0.195. The molecule has 1 aromatic carbocycles. The minimum Gasteiger partial charge on any atom is -0.330 e. The highest BCUT2D eigenvalue weighted by Crippen LogP contribution is 2.28.